The summed E-state index contributed by atoms with van der Waals surface area (Å²) in [4.78, 5) is 0. The monoisotopic (exact) mass is 265 g/mol. The van der Waals surface area contributed by atoms with E-state index < -0.39 is 17.5 Å². The molecular weight excluding hydrogens is 251 g/mol. The second-order valence-corrected chi connectivity index (χ2v) is 4.39. The van der Waals surface area contributed by atoms with Gasteiger partial charge in [-0.25, -0.2) is 13.2 Å². The van der Waals surface area contributed by atoms with Gasteiger partial charge in [0.15, 0.2) is 11.6 Å². The zero-order valence-corrected chi connectivity index (χ0v) is 10.5. The molecule has 1 atom stereocenters. The second-order valence-electron chi connectivity index (χ2n) is 4.39. The molecule has 0 aliphatic carbocycles. The van der Waals surface area contributed by atoms with E-state index in [1.165, 1.54) is 0 Å². The maximum Gasteiger partial charge on any atom is 0.161 e. The summed E-state index contributed by atoms with van der Waals surface area (Å²) in [6, 6.07) is 8.15. The van der Waals surface area contributed by atoms with Crippen LogP contribution in [-0.4, -0.2) is 0 Å². The van der Waals surface area contributed by atoms with Gasteiger partial charge in [0, 0.05) is 17.7 Å². The number of benzene rings is 2. The largest absolute Gasteiger partial charge is 0.324 e. The smallest absolute Gasteiger partial charge is 0.161 e. The summed E-state index contributed by atoms with van der Waals surface area (Å²) in [5, 5.41) is 0. The Labute approximate surface area is 109 Å². The average molecular weight is 265 g/mol. The van der Waals surface area contributed by atoms with Crippen LogP contribution in [0.3, 0.4) is 0 Å². The van der Waals surface area contributed by atoms with Crippen LogP contribution in [0.4, 0.5) is 13.2 Å². The van der Waals surface area contributed by atoms with Gasteiger partial charge in [0.2, 0.25) is 0 Å². The first kappa shape index (κ1) is 13.6. The van der Waals surface area contributed by atoms with E-state index in [1.54, 1.807) is 18.2 Å². The van der Waals surface area contributed by atoms with Crippen LogP contribution < -0.4 is 5.73 Å². The van der Waals surface area contributed by atoms with E-state index in [0.717, 1.165) is 18.1 Å². The third-order valence-electron chi connectivity index (χ3n) is 3.08. The number of nitrogens with two attached hydrogens (primary N) is 1. The van der Waals surface area contributed by atoms with Crippen molar-refractivity contribution in [3.8, 4) is 11.1 Å². The standard InChI is InChI=1S/C15H14F3N/c1-2-15(19)10-5-3-4-9(6-10)11-7-13(17)14(18)8-12(11)16/h3-8,15H,2,19H2,1H3. The predicted molar refractivity (Wildman–Crippen MR) is 69.0 cm³/mol. The third-order valence-corrected chi connectivity index (χ3v) is 3.08. The molecule has 0 fully saturated rings. The van der Waals surface area contributed by atoms with Gasteiger partial charge in [-0.05, 0) is 29.7 Å². The number of hydrogen-bond donors (Lipinski definition) is 1. The van der Waals surface area contributed by atoms with Crippen LogP contribution in [0.1, 0.15) is 24.9 Å². The summed E-state index contributed by atoms with van der Waals surface area (Å²) >= 11 is 0. The van der Waals surface area contributed by atoms with Gasteiger partial charge >= 0.3 is 0 Å². The summed E-state index contributed by atoms with van der Waals surface area (Å²) in [7, 11) is 0. The summed E-state index contributed by atoms with van der Waals surface area (Å²) in [6.45, 7) is 1.94. The Kier molecular flexibility index (Phi) is 3.90. The van der Waals surface area contributed by atoms with Crippen LogP contribution in [0, 0.1) is 17.5 Å². The zero-order valence-electron chi connectivity index (χ0n) is 10.5. The molecule has 0 saturated carbocycles. The normalized spacial score (nSPS) is 12.5. The summed E-state index contributed by atoms with van der Waals surface area (Å²) in [5.74, 6) is -3.05. The molecule has 4 heteroatoms. The van der Waals surface area contributed by atoms with Gasteiger partial charge in [-0.15, -0.1) is 0 Å². The predicted octanol–water partition coefficient (Wildman–Crippen LogP) is 4.18. The molecule has 0 saturated heterocycles. The Bertz CT molecular complexity index is 596. The van der Waals surface area contributed by atoms with Crippen molar-refractivity contribution < 1.29 is 13.2 Å². The number of hydrogen-bond acceptors (Lipinski definition) is 1. The fourth-order valence-corrected chi connectivity index (χ4v) is 1.92. The van der Waals surface area contributed by atoms with Gasteiger partial charge < -0.3 is 5.73 Å². The van der Waals surface area contributed by atoms with E-state index in [9.17, 15) is 13.2 Å². The highest BCUT2D eigenvalue weighted by molar-refractivity contribution is 5.65. The Morgan fingerprint density at radius 2 is 1.68 bits per heavy atom. The maximum atomic E-state index is 13.7. The molecule has 19 heavy (non-hydrogen) atoms. The third kappa shape index (κ3) is 2.79. The number of halogens is 3. The first-order valence-corrected chi connectivity index (χ1v) is 6.03. The van der Waals surface area contributed by atoms with E-state index in [-0.39, 0.29) is 11.6 Å². The molecule has 2 rings (SSSR count). The average Bonchev–Trinajstić information content (AvgIpc) is 2.42. The van der Waals surface area contributed by atoms with Crippen molar-refractivity contribution in [2.45, 2.75) is 19.4 Å². The van der Waals surface area contributed by atoms with Gasteiger partial charge in [-0.3, -0.25) is 0 Å². The van der Waals surface area contributed by atoms with Crippen molar-refractivity contribution >= 4 is 0 Å². The Morgan fingerprint density at radius 1 is 1.00 bits per heavy atom. The Morgan fingerprint density at radius 3 is 2.37 bits per heavy atom. The van der Waals surface area contributed by atoms with Gasteiger partial charge in [0.1, 0.15) is 5.82 Å². The van der Waals surface area contributed by atoms with Crippen molar-refractivity contribution in [2.24, 2.45) is 5.73 Å². The van der Waals surface area contributed by atoms with Crippen LogP contribution in [0.25, 0.3) is 11.1 Å². The van der Waals surface area contributed by atoms with Gasteiger partial charge in [0.05, 0.1) is 0 Å². The molecule has 2 aromatic carbocycles. The van der Waals surface area contributed by atoms with Crippen LogP contribution in [-0.2, 0) is 0 Å². The lowest BCUT2D eigenvalue weighted by atomic mass is 9.98. The highest BCUT2D eigenvalue weighted by Gasteiger charge is 2.12. The lowest BCUT2D eigenvalue weighted by molar-refractivity contribution is 0.496. The minimum Gasteiger partial charge on any atom is -0.324 e. The molecule has 0 bridgehead atoms. The van der Waals surface area contributed by atoms with Gasteiger partial charge in [-0.2, -0.15) is 0 Å². The number of rotatable bonds is 3. The fraction of sp³-hybridized carbons (Fsp3) is 0.200. The van der Waals surface area contributed by atoms with Crippen molar-refractivity contribution in [2.75, 3.05) is 0 Å². The molecule has 0 aliphatic heterocycles. The molecule has 2 N–H and O–H groups in total. The van der Waals surface area contributed by atoms with Crippen molar-refractivity contribution in [3.63, 3.8) is 0 Å². The fourth-order valence-electron chi connectivity index (χ4n) is 1.92. The van der Waals surface area contributed by atoms with Crippen LogP contribution in [0.5, 0.6) is 0 Å². The molecule has 0 spiro atoms. The van der Waals surface area contributed by atoms with Crippen molar-refractivity contribution in [1.82, 2.24) is 0 Å². The van der Waals surface area contributed by atoms with Crippen molar-refractivity contribution in [3.05, 3.63) is 59.4 Å². The van der Waals surface area contributed by atoms with Crippen LogP contribution >= 0.6 is 0 Å². The molecule has 0 amide bonds. The van der Waals surface area contributed by atoms with Crippen LogP contribution in [0.15, 0.2) is 36.4 Å². The second kappa shape index (κ2) is 5.45. The first-order valence-electron chi connectivity index (χ1n) is 6.03. The first-order chi connectivity index (χ1) is 9.02. The van der Waals surface area contributed by atoms with Crippen LogP contribution in [0.2, 0.25) is 0 Å². The van der Waals surface area contributed by atoms with Crippen molar-refractivity contribution in [1.29, 1.82) is 0 Å². The minimum absolute atomic E-state index is 0.0315. The summed E-state index contributed by atoms with van der Waals surface area (Å²) in [5.41, 5.74) is 7.26. The van der Waals surface area contributed by atoms with E-state index in [0.29, 0.717) is 11.6 Å². The minimum atomic E-state index is -1.19. The van der Waals surface area contributed by atoms with Gasteiger partial charge in [-0.1, -0.05) is 25.1 Å². The molecule has 100 valence electrons. The van der Waals surface area contributed by atoms with E-state index in [2.05, 4.69) is 0 Å². The summed E-state index contributed by atoms with van der Waals surface area (Å²) < 4.78 is 39.8. The molecule has 0 heterocycles. The molecule has 0 aliphatic rings. The molecule has 1 nitrogen and oxygen atoms in total. The lowest BCUT2D eigenvalue weighted by Gasteiger charge is -2.11. The van der Waals surface area contributed by atoms with E-state index in [4.69, 9.17) is 5.73 Å². The topological polar surface area (TPSA) is 26.0 Å². The molecular formula is C15H14F3N. The van der Waals surface area contributed by atoms with Gasteiger partial charge in [0.25, 0.3) is 0 Å². The molecule has 1 unspecified atom stereocenters. The lowest BCUT2D eigenvalue weighted by Crippen LogP contribution is -2.08. The molecule has 0 radical (unpaired) electrons. The Hall–Kier alpha value is -1.81. The summed E-state index contributed by atoms with van der Waals surface area (Å²) in [6.07, 6.45) is 0.740. The van der Waals surface area contributed by atoms with E-state index >= 15 is 0 Å². The quantitative estimate of drug-likeness (QED) is 0.828. The highest BCUT2D eigenvalue weighted by atomic mass is 19.2. The Balaban J connectivity index is 2.50. The molecule has 2 aromatic rings. The van der Waals surface area contributed by atoms with E-state index in [1.807, 2.05) is 13.0 Å². The maximum absolute atomic E-state index is 13.7. The SMILES string of the molecule is CCC(N)c1cccc(-c2cc(F)c(F)cc2F)c1. The molecule has 0 aromatic heterocycles. The zero-order chi connectivity index (χ0) is 14.0. The highest BCUT2D eigenvalue weighted by Crippen LogP contribution is 2.27.